The zero-order chi connectivity index (χ0) is 37.7. The Morgan fingerprint density at radius 1 is 0.667 bits per heavy atom. The molecule has 8 aromatic rings. The second-order valence-corrected chi connectivity index (χ2v) is 16.4. The van der Waals surface area contributed by atoms with E-state index in [0.717, 1.165) is 59.2 Å². The van der Waals surface area contributed by atoms with Crippen LogP contribution < -0.4 is 20.1 Å². The number of sulfone groups is 1. The molecule has 18 heteroatoms. The number of fused-ring (bicyclic) bond motifs is 4. The number of rotatable bonds is 12. The predicted molar refractivity (Wildman–Crippen MR) is 215 cm³/mol. The molecular formula is C36H32N8O6S4. The van der Waals surface area contributed by atoms with Crippen molar-refractivity contribution in [2.24, 2.45) is 0 Å². The van der Waals surface area contributed by atoms with Crippen LogP contribution in [0.1, 0.15) is 0 Å². The summed E-state index contributed by atoms with van der Waals surface area (Å²) in [5.74, 6) is 2.30. The third-order valence-corrected chi connectivity index (χ3v) is 12.4. The zero-order valence-corrected chi connectivity index (χ0v) is 32.0. The van der Waals surface area contributed by atoms with Gasteiger partial charge in [-0.2, -0.15) is 0 Å². The molecule has 0 unspecified atom stereocenters. The van der Waals surface area contributed by atoms with Gasteiger partial charge in [-0.25, -0.2) is 38.3 Å². The number of thioether (sulfide) groups is 1. The molecule has 14 nitrogen and oxygen atoms in total. The SMILES string of the molecule is COc1cc2ncnc(Nc3ccc4scnc4c3)c2cc1S(=O)(=O)CCO.COc1cc2ncnc(Nc3ccc4scnc4c3)c2cc1SCCO. The van der Waals surface area contributed by atoms with Gasteiger partial charge in [0, 0.05) is 40.0 Å². The largest absolute Gasteiger partial charge is 0.496 e. The number of nitrogens with one attached hydrogen (secondary N) is 2. The highest BCUT2D eigenvalue weighted by Gasteiger charge is 2.22. The number of aromatic nitrogens is 6. The summed E-state index contributed by atoms with van der Waals surface area (Å²) in [5.41, 5.74) is 8.46. The number of aliphatic hydroxyl groups excluding tert-OH is 2. The first-order valence-electron chi connectivity index (χ1n) is 16.2. The molecule has 0 bridgehead atoms. The van der Waals surface area contributed by atoms with E-state index in [2.05, 4.69) is 40.5 Å². The number of ether oxygens (including phenoxy) is 2. The molecule has 0 aliphatic heterocycles. The minimum absolute atomic E-state index is 0.00986. The van der Waals surface area contributed by atoms with E-state index in [9.17, 15) is 8.42 Å². The van der Waals surface area contributed by atoms with Crippen LogP contribution in [0.5, 0.6) is 11.5 Å². The van der Waals surface area contributed by atoms with Crippen LogP contribution in [0.15, 0.2) is 94.1 Å². The molecule has 0 amide bonds. The van der Waals surface area contributed by atoms with Gasteiger partial charge in [0.25, 0.3) is 0 Å². The second kappa shape index (κ2) is 16.4. The predicted octanol–water partition coefficient (Wildman–Crippen LogP) is 6.83. The smallest absolute Gasteiger partial charge is 0.184 e. The molecular weight excluding hydrogens is 769 g/mol. The highest BCUT2D eigenvalue weighted by atomic mass is 32.2. The van der Waals surface area contributed by atoms with Gasteiger partial charge in [0.1, 0.15) is 40.7 Å². The van der Waals surface area contributed by atoms with Gasteiger partial charge in [0.05, 0.1) is 80.6 Å². The van der Waals surface area contributed by atoms with Crippen LogP contribution in [0.4, 0.5) is 23.0 Å². The van der Waals surface area contributed by atoms with E-state index < -0.39 is 22.2 Å². The van der Waals surface area contributed by atoms with E-state index in [1.165, 1.54) is 37.6 Å². The first-order valence-corrected chi connectivity index (χ1v) is 20.6. The summed E-state index contributed by atoms with van der Waals surface area (Å²) in [6.45, 7) is -0.372. The van der Waals surface area contributed by atoms with E-state index in [-0.39, 0.29) is 17.3 Å². The first kappa shape index (κ1) is 37.1. The summed E-state index contributed by atoms with van der Waals surface area (Å²) in [6, 6.07) is 18.7. The lowest BCUT2D eigenvalue weighted by Crippen LogP contribution is -2.11. The highest BCUT2D eigenvalue weighted by Crippen LogP contribution is 2.36. The van der Waals surface area contributed by atoms with Gasteiger partial charge in [-0.15, -0.1) is 34.4 Å². The average Bonchev–Trinajstić information content (AvgIpc) is 3.86. The molecule has 4 N–H and O–H groups in total. The summed E-state index contributed by atoms with van der Waals surface area (Å²) in [4.78, 5) is 26.8. The molecule has 0 atom stereocenters. The van der Waals surface area contributed by atoms with E-state index in [1.807, 2.05) is 54.0 Å². The molecule has 4 heterocycles. The highest BCUT2D eigenvalue weighted by molar-refractivity contribution is 7.99. The van der Waals surface area contributed by atoms with Gasteiger partial charge in [-0.1, -0.05) is 0 Å². The fourth-order valence-corrected chi connectivity index (χ4v) is 8.85. The Balaban J connectivity index is 0.000000167. The zero-order valence-electron chi connectivity index (χ0n) is 28.8. The molecule has 276 valence electrons. The number of thiazole rings is 2. The van der Waals surface area contributed by atoms with Crippen molar-refractivity contribution in [2.75, 3.05) is 49.6 Å². The lowest BCUT2D eigenvalue weighted by Gasteiger charge is -2.13. The minimum atomic E-state index is -3.72. The van der Waals surface area contributed by atoms with Crippen LogP contribution in [-0.2, 0) is 9.84 Å². The molecule has 0 fully saturated rings. The van der Waals surface area contributed by atoms with Crippen LogP contribution in [0.25, 0.3) is 42.2 Å². The molecule has 0 saturated carbocycles. The van der Waals surface area contributed by atoms with E-state index >= 15 is 0 Å². The summed E-state index contributed by atoms with van der Waals surface area (Å²) in [7, 11) is -0.698. The Hall–Kier alpha value is -5.24. The van der Waals surface area contributed by atoms with Gasteiger partial charge in [0.2, 0.25) is 0 Å². The van der Waals surface area contributed by atoms with Gasteiger partial charge in [-0.05, 0) is 48.5 Å². The Morgan fingerprint density at radius 3 is 1.76 bits per heavy atom. The van der Waals surface area contributed by atoms with Gasteiger partial charge in [-0.3, -0.25) is 0 Å². The van der Waals surface area contributed by atoms with Crippen molar-refractivity contribution >= 4 is 110 Å². The quantitative estimate of drug-likeness (QED) is 0.0938. The Morgan fingerprint density at radius 2 is 1.22 bits per heavy atom. The number of methoxy groups -OCH3 is 2. The van der Waals surface area contributed by atoms with E-state index in [0.29, 0.717) is 22.5 Å². The monoisotopic (exact) mass is 800 g/mol. The fraction of sp³-hybridized carbons (Fsp3) is 0.167. The van der Waals surface area contributed by atoms with Gasteiger partial charge < -0.3 is 30.3 Å². The topological polar surface area (TPSA) is 194 Å². The minimum Gasteiger partial charge on any atom is -0.496 e. The van der Waals surface area contributed by atoms with E-state index in [4.69, 9.17) is 19.7 Å². The Bertz CT molecular complexity index is 2710. The first-order chi connectivity index (χ1) is 26.3. The molecule has 4 aromatic heterocycles. The number of aliphatic hydroxyl groups is 2. The second-order valence-electron chi connectivity index (χ2n) is 11.4. The number of anilines is 4. The summed E-state index contributed by atoms with van der Waals surface area (Å²) in [6.07, 6.45) is 2.93. The summed E-state index contributed by atoms with van der Waals surface area (Å²) >= 11 is 4.71. The third-order valence-electron chi connectivity index (χ3n) is 8.07. The number of nitrogens with zero attached hydrogens (tertiary/aromatic N) is 6. The van der Waals surface area contributed by atoms with Crippen molar-refractivity contribution in [3.8, 4) is 11.5 Å². The molecule has 0 aliphatic carbocycles. The Kier molecular flexibility index (Phi) is 11.3. The van der Waals surface area contributed by atoms with Crippen molar-refractivity contribution in [2.45, 2.75) is 9.79 Å². The standard InChI is InChI=1S/C18H16N4O4S2.C18H16N4O2S2/c1-26-15-8-13-12(7-17(15)28(24,25)5-4-23)18(20-9-19-13)22-11-2-3-16-14(6-11)21-10-27-16;1-24-15-8-13-12(7-17(15)25-5-4-23)18(20-9-19-13)22-11-2-3-16-14(6-11)21-10-26-16/h2-3,6-10,23H,4-5H2,1H3,(H,19,20,22);2-3,6-10,23H,4-5H2,1H3,(H,19,20,22). The van der Waals surface area contributed by atoms with Crippen LogP contribution in [0, 0.1) is 0 Å². The fourth-order valence-electron chi connectivity index (χ4n) is 5.53. The maximum Gasteiger partial charge on any atom is 0.184 e. The van der Waals surface area contributed by atoms with Crippen LogP contribution in [-0.4, -0.2) is 87.5 Å². The molecule has 0 saturated heterocycles. The lowest BCUT2D eigenvalue weighted by atomic mass is 10.2. The molecule has 0 spiro atoms. The summed E-state index contributed by atoms with van der Waals surface area (Å²) in [5, 5.41) is 26.2. The number of hydrogen-bond donors (Lipinski definition) is 4. The molecule has 54 heavy (non-hydrogen) atoms. The number of benzene rings is 4. The van der Waals surface area contributed by atoms with Crippen LogP contribution >= 0.6 is 34.4 Å². The van der Waals surface area contributed by atoms with Crippen molar-refractivity contribution in [3.05, 3.63) is 84.3 Å². The maximum absolute atomic E-state index is 12.5. The lowest BCUT2D eigenvalue weighted by molar-refractivity contribution is 0.319. The van der Waals surface area contributed by atoms with Crippen molar-refractivity contribution in [1.82, 2.24) is 29.9 Å². The van der Waals surface area contributed by atoms with Crippen LogP contribution in [0.2, 0.25) is 0 Å². The van der Waals surface area contributed by atoms with Crippen molar-refractivity contribution < 1.29 is 28.1 Å². The number of hydrogen-bond acceptors (Lipinski definition) is 17. The summed E-state index contributed by atoms with van der Waals surface area (Å²) < 4.78 is 38.0. The van der Waals surface area contributed by atoms with Crippen molar-refractivity contribution in [3.63, 3.8) is 0 Å². The van der Waals surface area contributed by atoms with Crippen LogP contribution in [0.3, 0.4) is 0 Å². The maximum atomic E-state index is 12.5. The van der Waals surface area contributed by atoms with Gasteiger partial charge in [0.15, 0.2) is 9.84 Å². The van der Waals surface area contributed by atoms with Gasteiger partial charge >= 0.3 is 0 Å². The molecule has 0 aliphatic rings. The van der Waals surface area contributed by atoms with E-state index in [1.54, 1.807) is 41.4 Å². The van der Waals surface area contributed by atoms with Crippen molar-refractivity contribution in [1.29, 1.82) is 0 Å². The molecule has 8 rings (SSSR count). The Labute approximate surface area is 321 Å². The normalized spacial score (nSPS) is 11.5. The molecule has 4 aromatic carbocycles. The molecule has 0 radical (unpaired) electrons. The average molecular weight is 801 g/mol. The third kappa shape index (κ3) is 7.98.